The molecule has 0 radical (unpaired) electrons. The van der Waals surface area contributed by atoms with Gasteiger partial charge in [-0.3, -0.25) is 0 Å². The molecule has 0 spiro atoms. The third-order valence-corrected chi connectivity index (χ3v) is 11.4. The number of aryl methyl sites for hydroxylation is 1. The summed E-state index contributed by atoms with van der Waals surface area (Å²) in [6.07, 6.45) is 3.03. The summed E-state index contributed by atoms with van der Waals surface area (Å²) in [4.78, 5) is 4.53. The zero-order valence-corrected chi connectivity index (χ0v) is 16.4. The van der Waals surface area contributed by atoms with Crippen LogP contribution in [0, 0.1) is 0 Å². The van der Waals surface area contributed by atoms with Crippen molar-refractivity contribution in [1.82, 2.24) is 9.55 Å². The fraction of sp³-hybridized carbons (Fsp3) is 0.0952. The average molecular weight is 409 g/mol. The Hall–Kier alpha value is -1.92. The SMILES string of the molecule is [Se]=P(CCn1cnc2ccccc21)(c1ccccc1)c1ccccc1. The van der Waals surface area contributed by atoms with Gasteiger partial charge in [-0.2, -0.15) is 0 Å². The molecule has 0 aliphatic heterocycles. The van der Waals surface area contributed by atoms with Gasteiger partial charge in [0.2, 0.25) is 0 Å². The molecular weight excluding hydrogens is 390 g/mol. The summed E-state index contributed by atoms with van der Waals surface area (Å²) in [6.45, 7) is 0.949. The van der Waals surface area contributed by atoms with Gasteiger partial charge in [0.15, 0.2) is 0 Å². The predicted octanol–water partition coefficient (Wildman–Crippen LogP) is 3.79. The number of fused-ring (bicyclic) bond motifs is 1. The molecule has 25 heavy (non-hydrogen) atoms. The van der Waals surface area contributed by atoms with Crippen molar-refractivity contribution in [1.29, 1.82) is 0 Å². The molecular formula is C21H19N2PSe. The summed E-state index contributed by atoms with van der Waals surface area (Å²) in [5.74, 6) is 0. The van der Waals surface area contributed by atoms with Gasteiger partial charge in [-0.15, -0.1) is 0 Å². The van der Waals surface area contributed by atoms with Crippen LogP contribution in [-0.4, -0.2) is 30.8 Å². The molecule has 0 atom stereocenters. The van der Waals surface area contributed by atoms with Gasteiger partial charge >= 0.3 is 156 Å². The van der Waals surface area contributed by atoms with Crippen LogP contribution in [0.5, 0.6) is 0 Å². The van der Waals surface area contributed by atoms with Gasteiger partial charge in [0.05, 0.1) is 0 Å². The van der Waals surface area contributed by atoms with Crippen LogP contribution in [0.4, 0.5) is 0 Å². The van der Waals surface area contributed by atoms with Crippen LogP contribution >= 0.6 is 5.51 Å². The van der Waals surface area contributed by atoms with Gasteiger partial charge < -0.3 is 0 Å². The number of para-hydroxylation sites is 2. The predicted molar refractivity (Wildman–Crippen MR) is 109 cm³/mol. The molecule has 0 amide bonds. The molecule has 4 rings (SSSR count). The molecule has 3 aromatic carbocycles. The van der Waals surface area contributed by atoms with Crippen molar-refractivity contribution in [3.05, 3.63) is 91.3 Å². The van der Waals surface area contributed by atoms with Crippen LogP contribution in [0.2, 0.25) is 0 Å². The average Bonchev–Trinajstić information content (AvgIpc) is 3.11. The second-order valence-electron chi connectivity index (χ2n) is 6.06. The summed E-state index contributed by atoms with van der Waals surface area (Å²) in [7, 11) is 0. The second kappa shape index (κ2) is 7.14. The summed E-state index contributed by atoms with van der Waals surface area (Å²) in [5.41, 5.74) is 0.698. The quantitative estimate of drug-likeness (QED) is 0.362. The van der Waals surface area contributed by atoms with Gasteiger partial charge in [0.25, 0.3) is 0 Å². The first-order valence-electron chi connectivity index (χ1n) is 8.37. The zero-order chi connectivity index (χ0) is 17.1. The molecule has 0 unspecified atom stereocenters. The first-order valence-corrected chi connectivity index (χ1v) is 12.6. The number of aromatic nitrogens is 2. The third-order valence-electron chi connectivity index (χ3n) is 4.53. The number of benzene rings is 3. The molecule has 1 heterocycles. The van der Waals surface area contributed by atoms with Gasteiger partial charge in [-0.1, -0.05) is 0 Å². The van der Waals surface area contributed by atoms with Gasteiger partial charge in [-0.25, -0.2) is 0 Å². The topological polar surface area (TPSA) is 17.8 Å². The van der Waals surface area contributed by atoms with Crippen LogP contribution in [0.15, 0.2) is 91.3 Å². The summed E-state index contributed by atoms with van der Waals surface area (Å²) in [6, 6.07) is 30.1. The van der Waals surface area contributed by atoms with E-state index in [-0.39, 0.29) is 0 Å². The van der Waals surface area contributed by atoms with Crippen molar-refractivity contribution in [3.8, 4) is 0 Å². The van der Waals surface area contributed by atoms with Crippen LogP contribution in [0.1, 0.15) is 0 Å². The molecule has 4 aromatic rings. The molecule has 124 valence electrons. The van der Waals surface area contributed by atoms with Crippen molar-refractivity contribution >= 4 is 42.2 Å². The van der Waals surface area contributed by atoms with Crippen molar-refractivity contribution in [2.45, 2.75) is 6.54 Å². The Bertz CT molecular complexity index is 982. The van der Waals surface area contributed by atoms with Crippen LogP contribution in [-0.2, 0) is 6.54 Å². The minimum absolute atomic E-state index is 0.949. The van der Waals surface area contributed by atoms with E-state index in [0.717, 1.165) is 18.2 Å². The monoisotopic (exact) mass is 410 g/mol. The molecule has 0 aliphatic rings. The standard InChI is InChI=1S/C21H19N2PSe/c25-24(18-9-3-1-4-10-18,19-11-5-2-6-12-19)16-15-23-17-22-20-13-7-8-14-21(20)23/h1-14,17H,15-16H2. The Kier molecular flexibility index (Phi) is 4.72. The maximum atomic E-state index is 4.53. The molecule has 0 N–H and O–H groups in total. The van der Waals surface area contributed by atoms with Crippen LogP contribution in [0.25, 0.3) is 11.0 Å². The molecule has 0 aliphatic carbocycles. The van der Waals surface area contributed by atoms with E-state index in [4.69, 9.17) is 0 Å². The minimum atomic E-state index is -1.57. The fourth-order valence-corrected chi connectivity index (χ4v) is 7.85. The van der Waals surface area contributed by atoms with E-state index in [1.165, 1.54) is 16.1 Å². The maximum absolute atomic E-state index is 4.53. The Morgan fingerprint density at radius 3 is 1.96 bits per heavy atom. The van der Waals surface area contributed by atoms with Crippen molar-refractivity contribution in [3.63, 3.8) is 0 Å². The van der Waals surface area contributed by atoms with Crippen molar-refractivity contribution in [2.24, 2.45) is 0 Å². The summed E-state index contributed by atoms with van der Waals surface area (Å²) >= 11 is 3.61. The first kappa shape index (κ1) is 16.5. The van der Waals surface area contributed by atoms with E-state index in [1.54, 1.807) is 0 Å². The van der Waals surface area contributed by atoms with Gasteiger partial charge in [0, 0.05) is 0 Å². The number of imidazole rings is 1. The molecule has 2 nitrogen and oxygen atoms in total. The van der Waals surface area contributed by atoms with Crippen LogP contribution in [0.3, 0.4) is 0 Å². The van der Waals surface area contributed by atoms with Gasteiger partial charge in [0.1, 0.15) is 0 Å². The van der Waals surface area contributed by atoms with E-state index >= 15 is 0 Å². The Morgan fingerprint density at radius 2 is 1.32 bits per heavy atom. The molecule has 0 bridgehead atoms. The van der Waals surface area contributed by atoms with Crippen molar-refractivity contribution in [2.75, 3.05) is 6.16 Å². The number of hydrogen-bond donors (Lipinski definition) is 0. The second-order valence-corrected chi connectivity index (χ2v) is 12.9. The number of nitrogens with zero attached hydrogens (tertiary/aromatic N) is 2. The van der Waals surface area contributed by atoms with Crippen molar-refractivity contribution < 1.29 is 0 Å². The molecule has 1 aromatic heterocycles. The fourth-order valence-electron chi connectivity index (χ4n) is 3.18. The van der Waals surface area contributed by atoms with E-state index < -0.39 is 5.51 Å². The van der Waals surface area contributed by atoms with E-state index in [1.807, 2.05) is 12.4 Å². The summed E-state index contributed by atoms with van der Waals surface area (Å²) < 4.78 is 2.27. The Morgan fingerprint density at radius 1 is 0.760 bits per heavy atom. The molecule has 0 saturated carbocycles. The van der Waals surface area contributed by atoms with Gasteiger partial charge in [-0.05, 0) is 0 Å². The number of hydrogen-bond acceptors (Lipinski definition) is 1. The third kappa shape index (κ3) is 3.28. The Labute approximate surface area is 155 Å². The van der Waals surface area contributed by atoms with E-state index in [2.05, 4.69) is 104 Å². The number of rotatable bonds is 5. The van der Waals surface area contributed by atoms with Crippen LogP contribution < -0.4 is 10.6 Å². The van der Waals surface area contributed by atoms with E-state index in [0.29, 0.717) is 0 Å². The molecule has 0 saturated heterocycles. The normalized spacial score (nSPS) is 11.7. The molecule has 4 heteroatoms. The van der Waals surface area contributed by atoms with E-state index in [9.17, 15) is 0 Å². The molecule has 0 fully saturated rings. The first-order chi connectivity index (χ1) is 12.3. The summed E-state index contributed by atoms with van der Waals surface area (Å²) in [5, 5.41) is 2.82. The zero-order valence-electron chi connectivity index (χ0n) is 13.8. The Balaban J connectivity index is 1.71.